The Morgan fingerprint density at radius 1 is 1.17 bits per heavy atom. The van der Waals surface area contributed by atoms with Gasteiger partial charge in [-0.25, -0.2) is 4.98 Å². The minimum atomic E-state index is 0.550. The summed E-state index contributed by atoms with van der Waals surface area (Å²) in [5, 5.41) is 0. The number of fused-ring (bicyclic) bond motifs is 2. The van der Waals surface area contributed by atoms with Gasteiger partial charge in [0.05, 0.1) is 17.9 Å². The number of rotatable bonds is 1. The van der Waals surface area contributed by atoms with Gasteiger partial charge in [-0.15, -0.1) is 0 Å². The highest BCUT2D eigenvalue weighted by Crippen LogP contribution is 2.37. The fourth-order valence-electron chi connectivity index (χ4n) is 2.32. The number of benzene rings is 1. The summed E-state index contributed by atoms with van der Waals surface area (Å²) in [6.45, 7) is 0.550. The molecule has 1 aliphatic rings. The van der Waals surface area contributed by atoms with Crippen LogP contribution in [0.5, 0.6) is 0 Å². The molecule has 18 heavy (non-hydrogen) atoms. The molecule has 0 unspecified atom stereocenters. The van der Waals surface area contributed by atoms with Crippen molar-refractivity contribution >= 4 is 23.6 Å². The summed E-state index contributed by atoms with van der Waals surface area (Å²) in [7, 11) is 1.97. The molecule has 4 nitrogen and oxygen atoms in total. The van der Waals surface area contributed by atoms with Crippen molar-refractivity contribution in [2.24, 2.45) is 0 Å². The van der Waals surface area contributed by atoms with Crippen molar-refractivity contribution in [3.63, 3.8) is 0 Å². The van der Waals surface area contributed by atoms with Gasteiger partial charge < -0.3 is 9.80 Å². The second kappa shape index (κ2) is 4.14. The third-order valence-corrected chi connectivity index (χ3v) is 3.21. The molecule has 1 aromatic heterocycles. The Bertz CT molecular complexity index is 597. The van der Waals surface area contributed by atoms with Crippen molar-refractivity contribution in [1.82, 2.24) is 4.98 Å². The third kappa shape index (κ3) is 1.54. The Labute approximate surface area is 105 Å². The summed E-state index contributed by atoms with van der Waals surface area (Å²) in [5.74, 6) is 0.898. The molecule has 0 bridgehead atoms. The number of hydrogen-bond acceptors (Lipinski definition) is 3. The standard InChI is InChI=1S/C14H13N3O/c1-16-12-6-2-3-7-13(12)17(10-18)9-11-5-4-8-15-14(11)16/h2-8,10H,9H2,1H3. The zero-order chi connectivity index (χ0) is 12.5. The molecule has 0 aliphatic carbocycles. The molecule has 1 amide bonds. The van der Waals surface area contributed by atoms with E-state index < -0.39 is 0 Å². The van der Waals surface area contributed by atoms with E-state index in [9.17, 15) is 4.79 Å². The molecule has 4 heteroatoms. The summed E-state index contributed by atoms with van der Waals surface area (Å²) in [6.07, 6.45) is 2.64. The van der Waals surface area contributed by atoms with Crippen LogP contribution in [0.3, 0.4) is 0 Å². The molecule has 0 atom stereocenters. The molecule has 0 radical (unpaired) electrons. The van der Waals surface area contributed by atoms with Gasteiger partial charge in [-0.2, -0.15) is 0 Å². The van der Waals surface area contributed by atoms with E-state index in [1.54, 1.807) is 11.1 Å². The van der Waals surface area contributed by atoms with Crippen LogP contribution in [-0.2, 0) is 11.3 Å². The van der Waals surface area contributed by atoms with E-state index in [-0.39, 0.29) is 0 Å². The molecule has 1 aliphatic heterocycles. The lowest BCUT2D eigenvalue weighted by Crippen LogP contribution is -2.19. The highest BCUT2D eigenvalue weighted by Gasteiger charge is 2.22. The van der Waals surface area contributed by atoms with Gasteiger partial charge in [-0.05, 0) is 18.2 Å². The number of carbonyl (C=O) groups excluding carboxylic acids is 1. The van der Waals surface area contributed by atoms with Gasteiger partial charge in [0.1, 0.15) is 5.82 Å². The fourth-order valence-corrected chi connectivity index (χ4v) is 2.32. The SMILES string of the molecule is CN1c2ccccc2N(C=O)Cc2cccnc21. The molecule has 0 saturated heterocycles. The van der Waals surface area contributed by atoms with Crippen molar-refractivity contribution in [3.05, 3.63) is 48.2 Å². The van der Waals surface area contributed by atoms with Crippen LogP contribution in [0.4, 0.5) is 17.2 Å². The smallest absolute Gasteiger partial charge is 0.214 e. The van der Waals surface area contributed by atoms with Crippen LogP contribution < -0.4 is 9.80 Å². The second-order valence-electron chi connectivity index (χ2n) is 4.27. The zero-order valence-electron chi connectivity index (χ0n) is 10.1. The van der Waals surface area contributed by atoms with Crippen molar-refractivity contribution < 1.29 is 4.79 Å². The maximum absolute atomic E-state index is 11.3. The molecular formula is C14H13N3O. The number of para-hydroxylation sites is 2. The maximum Gasteiger partial charge on any atom is 0.214 e. The molecule has 0 fully saturated rings. The molecular weight excluding hydrogens is 226 g/mol. The maximum atomic E-state index is 11.3. The second-order valence-corrected chi connectivity index (χ2v) is 4.27. The topological polar surface area (TPSA) is 36.4 Å². The van der Waals surface area contributed by atoms with E-state index in [4.69, 9.17) is 0 Å². The third-order valence-electron chi connectivity index (χ3n) is 3.21. The van der Waals surface area contributed by atoms with Gasteiger partial charge in [0.2, 0.25) is 6.41 Å². The Morgan fingerprint density at radius 3 is 2.72 bits per heavy atom. The van der Waals surface area contributed by atoms with Crippen molar-refractivity contribution in [2.75, 3.05) is 16.8 Å². The van der Waals surface area contributed by atoms with Gasteiger partial charge in [0.15, 0.2) is 0 Å². The summed E-state index contributed by atoms with van der Waals surface area (Å²) in [4.78, 5) is 19.4. The van der Waals surface area contributed by atoms with Gasteiger partial charge in [-0.1, -0.05) is 18.2 Å². The highest BCUT2D eigenvalue weighted by molar-refractivity contribution is 5.88. The van der Waals surface area contributed by atoms with E-state index in [2.05, 4.69) is 4.98 Å². The number of nitrogens with zero attached hydrogens (tertiary/aromatic N) is 3. The Morgan fingerprint density at radius 2 is 1.94 bits per heavy atom. The van der Waals surface area contributed by atoms with Crippen LogP contribution in [-0.4, -0.2) is 18.4 Å². The average molecular weight is 239 g/mol. The Balaban J connectivity index is 2.24. The lowest BCUT2D eigenvalue weighted by molar-refractivity contribution is -0.107. The summed E-state index contributed by atoms with van der Waals surface area (Å²) >= 11 is 0. The molecule has 90 valence electrons. The lowest BCUT2D eigenvalue weighted by Gasteiger charge is -2.21. The fraction of sp³-hybridized carbons (Fsp3) is 0.143. The zero-order valence-corrected chi connectivity index (χ0v) is 10.1. The summed E-state index contributed by atoms with van der Waals surface area (Å²) in [5.41, 5.74) is 2.94. The number of pyridine rings is 1. The summed E-state index contributed by atoms with van der Waals surface area (Å²) in [6, 6.07) is 11.7. The molecule has 3 rings (SSSR count). The predicted octanol–water partition coefficient (Wildman–Crippen LogP) is 2.33. The first-order valence-corrected chi connectivity index (χ1v) is 5.80. The molecule has 2 aromatic rings. The quantitative estimate of drug-likeness (QED) is 0.717. The number of hydrogen-bond donors (Lipinski definition) is 0. The van der Waals surface area contributed by atoms with E-state index in [1.165, 1.54) is 0 Å². The van der Waals surface area contributed by atoms with Crippen LogP contribution in [0.1, 0.15) is 5.56 Å². The van der Waals surface area contributed by atoms with Crippen molar-refractivity contribution in [2.45, 2.75) is 6.54 Å². The lowest BCUT2D eigenvalue weighted by atomic mass is 10.2. The van der Waals surface area contributed by atoms with Gasteiger partial charge in [0.25, 0.3) is 0 Å². The first-order valence-electron chi connectivity index (χ1n) is 5.80. The molecule has 1 aromatic carbocycles. The molecule has 0 N–H and O–H groups in total. The Kier molecular flexibility index (Phi) is 2.48. The van der Waals surface area contributed by atoms with Gasteiger partial charge >= 0.3 is 0 Å². The normalized spacial score (nSPS) is 13.6. The van der Waals surface area contributed by atoms with Crippen LogP contribution >= 0.6 is 0 Å². The average Bonchev–Trinajstić information content (AvgIpc) is 2.55. The molecule has 2 heterocycles. The number of carbonyl (C=O) groups is 1. The van der Waals surface area contributed by atoms with Crippen molar-refractivity contribution in [1.29, 1.82) is 0 Å². The number of anilines is 3. The minimum absolute atomic E-state index is 0.550. The largest absolute Gasteiger partial charge is 0.327 e. The van der Waals surface area contributed by atoms with E-state index in [0.717, 1.165) is 29.2 Å². The number of amides is 1. The first-order chi connectivity index (χ1) is 8.81. The van der Waals surface area contributed by atoms with E-state index in [1.807, 2.05) is 48.3 Å². The van der Waals surface area contributed by atoms with Crippen LogP contribution in [0, 0.1) is 0 Å². The highest BCUT2D eigenvalue weighted by atomic mass is 16.1. The van der Waals surface area contributed by atoms with E-state index >= 15 is 0 Å². The first kappa shape index (κ1) is 10.8. The van der Waals surface area contributed by atoms with Crippen LogP contribution in [0.15, 0.2) is 42.6 Å². The van der Waals surface area contributed by atoms with E-state index in [0.29, 0.717) is 6.54 Å². The van der Waals surface area contributed by atoms with Crippen LogP contribution in [0.2, 0.25) is 0 Å². The minimum Gasteiger partial charge on any atom is -0.327 e. The monoisotopic (exact) mass is 239 g/mol. The summed E-state index contributed by atoms with van der Waals surface area (Å²) < 4.78 is 0. The van der Waals surface area contributed by atoms with Gasteiger partial charge in [0, 0.05) is 18.8 Å². The molecule has 0 saturated carbocycles. The van der Waals surface area contributed by atoms with Crippen LogP contribution in [0.25, 0.3) is 0 Å². The molecule has 0 spiro atoms. The predicted molar refractivity (Wildman–Crippen MR) is 71.0 cm³/mol. The van der Waals surface area contributed by atoms with Crippen molar-refractivity contribution in [3.8, 4) is 0 Å². The Hall–Kier alpha value is -2.36. The number of aromatic nitrogens is 1. The van der Waals surface area contributed by atoms with Gasteiger partial charge in [-0.3, -0.25) is 4.79 Å².